The summed E-state index contributed by atoms with van der Waals surface area (Å²) in [4.78, 5) is 25.4. The maximum atomic E-state index is 12.7. The fourth-order valence-electron chi connectivity index (χ4n) is 6.53. The predicted molar refractivity (Wildman–Crippen MR) is 162 cm³/mol. The number of pyridine rings is 1. The monoisotopic (exact) mass is 542 g/mol. The molecular formula is C32H42N6O2. The molecule has 8 nitrogen and oxygen atoms in total. The summed E-state index contributed by atoms with van der Waals surface area (Å²) in [5.74, 6) is 1.45. The van der Waals surface area contributed by atoms with E-state index in [4.69, 9.17) is 9.72 Å². The normalized spacial score (nSPS) is 18.7. The Kier molecular flexibility index (Phi) is 6.77. The van der Waals surface area contributed by atoms with Gasteiger partial charge in [-0.15, -0.1) is 0 Å². The largest absolute Gasteiger partial charge is 0.444 e. The lowest BCUT2D eigenvalue weighted by atomic mass is 9.89. The molecule has 3 aromatic heterocycles. The Bertz CT molecular complexity index is 1550. The lowest BCUT2D eigenvalue weighted by molar-refractivity contribution is 0.0210. The highest BCUT2D eigenvalue weighted by Crippen LogP contribution is 2.36. The summed E-state index contributed by atoms with van der Waals surface area (Å²) in [6.45, 7) is 8.04. The zero-order valence-electron chi connectivity index (χ0n) is 24.7. The summed E-state index contributed by atoms with van der Waals surface area (Å²) < 4.78 is 7.85. The number of anilines is 2. The van der Waals surface area contributed by atoms with Crippen LogP contribution in [0.5, 0.6) is 0 Å². The van der Waals surface area contributed by atoms with Gasteiger partial charge in [0.25, 0.3) is 0 Å². The first-order valence-electron chi connectivity index (χ1n) is 14.6. The Morgan fingerprint density at radius 1 is 1.10 bits per heavy atom. The quantitative estimate of drug-likeness (QED) is 0.315. The second kappa shape index (κ2) is 10.1. The molecule has 1 aliphatic heterocycles. The summed E-state index contributed by atoms with van der Waals surface area (Å²) in [6.07, 6.45) is 7.00. The number of hydrogen-bond donors (Lipinski definition) is 2. The van der Waals surface area contributed by atoms with E-state index in [1.165, 1.54) is 35.0 Å². The number of likely N-dealkylation sites (N-methyl/N-ethyl adjacent to an activating group) is 1. The van der Waals surface area contributed by atoms with Crippen LogP contribution in [0, 0.1) is 0 Å². The van der Waals surface area contributed by atoms with Gasteiger partial charge in [-0.2, -0.15) is 0 Å². The molecule has 0 radical (unpaired) electrons. The number of aromatic amines is 1. The summed E-state index contributed by atoms with van der Waals surface area (Å²) >= 11 is 0. The van der Waals surface area contributed by atoms with Crippen LogP contribution < -0.4 is 5.32 Å². The van der Waals surface area contributed by atoms with Crippen LogP contribution in [0.15, 0.2) is 36.5 Å². The number of carbonyl (C=O) groups excluding carboxylic acids is 1. The number of nitrogens with one attached hydrogen (secondary N) is 2. The van der Waals surface area contributed by atoms with Gasteiger partial charge in [0.15, 0.2) is 0 Å². The molecule has 1 saturated heterocycles. The van der Waals surface area contributed by atoms with Crippen LogP contribution in [0.1, 0.15) is 62.8 Å². The molecule has 212 valence electrons. The standard InChI is InChI=1S/C32H42N6O2/c1-32(2,3)40-31(39)37(5)22-8-11-28-25(18-22)24-10-12-29(35-30(24)38(28)6)34-21-7-9-23-26(19-33-27(23)17-21)20-13-15-36(4)16-14-20/h7,9-10,12,17,19-20,22,33H,8,11,13-16,18H2,1-6H3,(H,34,35). The van der Waals surface area contributed by atoms with E-state index in [0.717, 1.165) is 60.4 Å². The third kappa shape index (κ3) is 5.05. The van der Waals surface area contributed by atoms with Gasteiger partial charge in [0.2, 0.25) is 0 Å². The van der Waals surface area contributed by atoms with Crippen molar-refractivity contribution in [1.29, 1.82) is 0 Å². The van der Waals surface area contributed by atoms with Crippen LogP contribution in [0.3, 0.4) is 0 Å². The number of rotatable bonds is 4. The predicted octanol–water partition coefficient (Wildman–Crippen LogP) is 6.33. The van der Waals surface area contributed by atoms with Gasteiger partial charge in [0, 0.05) is 54.0 Å². The molecule has 1 unspecified atom stereocenters. The van der Waals surface area contributed by atoms with Crippen LogP contribution in [0.4, 0.5) is 16.3 Å². The molecule has 1 aromatic carbocycles. The molecule has 4 heterocycles. The number of likely N-dealkylation sites (tertiary alicyclic amines) is 1. The highest BCUT2D eigenvalue weighted by molar-refractivity contribution is 5.88. The molecule has 2 aliphatic rings. The highest BCUT2D eigenvalue weighted by Gasteiger charge is 2.31. The van der Waals surface area contributed by atoms with Crippen molar-refractivity contribution in [3.63, 3.8) is 0 Å². The average molecular weight is 543 g/mol. The van der Waals surface area contributed by atoms with Crippen LogP contribution in [0.25, 0.3) is 21.9 Å². The first-order chi connectivity index (χ1) is 19.1. The second-order valence-corrected chi connectivity index (χ2v) is 12.7. The number of nitrogens with zero attached hydrogens (tertiary/aromatic N) is 4. The molecule has 6 rings (SSSR count). The maximum Gasteiger partial charge on any atom is 0.410 e. The van der Waals surface area contributed by atoms with Crippen LogP contribution in [-0.4, -0.2) is 69.3 Å². The van der Waals surface area contributed by atoms with E-state index >= 15 is 0 Å². The van der Waals surface area contributed by atoms with Gasteiger partial charge in [0.1, 0.15) is 17.1 Å². The lowest BCUT2D eigenvalue weighted by Gasteiger charge is -2.33. The first-order valence-corrected chi connectivity index (χ1v) is 14.6. The van der Waals surface area contributed by atoms with Crippen molar-refractivity contribution in [3.8, 4) is 0 Å². The van der Waals surface area contributed by atoms with E-state index in [2.05, 4.69) is 70.4 Å². The third-order valence-electron chi connectivity index (χ3n) is 8.80. The van der Waals surface area contributed by atoms with Gasteiger partial charge in [-0.25, -0.2) is 9.78 Å². The van der Waals surface area contributed by atoms with E-state index in [-0.39, 0.29) is 12.1 Å². The molecule has 2 N–H and O–H groups in total. The number of benzene rings is 1. The minimum Gasteiger partial charge on any atom is -0.444 e. The molecule has 0 saturated carbocycles. The number of carbonyl (C=O) groups is 1. The molecule has 40 heavy (non-hydrogen) atoms. The smallest absolute Gasteiger partial charge is 0.410 e. The van der Waals surface area contributed by atoms with E-state index in [9.17, 15) is 4.79 Å². The van der Waals surface area contributed by atoms with Crippen molar-refractivity contribution < 1.29 is 9.53 Å². The zero-order valence-corrected chi connectivity index (χ0v) is 24.7. The fraction of sp³-hybridized carbons (Fsp3) is 0.500. The molecule has 1 aliphatic carbocycles. The Morgan fingerprint density at radius 3 is 2.60 bits per heavy atom. The summed E-state index contributed by atoms with van der Waals surface area (Å²) in [6, 6.07) is 10.9. The van der Waals surface area contributed by atoms with Crippen LogP contribution >= 0.6 is 0 Å². The average Bonchev–Trinajstić information content (AvgIpc) is 3.46. The van der Waals surface area contributed by atoms with Gasteiger partial charge < -0.3 is 29.4 Å². The number of aromatic nitrogens is 3. The van der Waals surface area contributed by atoms with E-state index in [1.54, 1.807) is 4.90 Å². The minimum atomic E-state index is -0.502. The zero-order chi connectivity index (χ0) is 28.2. The molecular weight excluding hydrogens is 500 g/mol. The SMILES string of the molecule is CN1CCC(c2c[nH]c3cc(Nc4ccc5c6c(n(C)c5n4)CCC(N(C)C(=O)OC(C)(C)C)C6)ccc23)CC1. The van der Waals surface area contributed by atoms with Gasteiger partial charge in [-0.1, -0.05) is 6.07 Å². The number of aryl methyl sites for hydroxylation is 1. The Balaban J connectivity index is 1.21. The fourth-order valence-corrected chi connectivity index (χ4v) is 6.53. The molecule has 4 aromatic rings. The number of H-pyrrole nitrogens is 1. The Labute approximate surface area is 236 Å². The maximum absolute atomic E-state index is 12.7. The van der Waals surface area contributed by atoms with Gasteiger partial charge >= 0.3 is 6.09 Å². The second-order valence-electron chi connectivity index (χ2n) is 12.7. The topological polar surface area (TPSA) is 78.4 Å². The number of hydrogen-bond acceptors (Lipinski definition) is 5. The number of piperidine rings is 1. The van der Waals surface area contributed by atoms with Crippen molar-refractivity contribution in [2.45, 2.75) is 70.4 Å². The van der Waals surface area contributed by atoms with E-state index in [1.807, 2.05) is 27.8 Å². The summed E-state index contributed by atoms with van der Waals surface area (Å²) in [5.41, 5.74) is 6.70. The van der Waals surface area contributed by atoms with Crippen LogP contribution in [0.2, 0.25) is 0 Å². The molecule has 1 amide bonds. The van der Waals surface area contributed by atoms with Crippen molar-refractivity contribution in [3.05, 3.63) is 53.3 Å². The number of ether oxygens (including phenoxy) is 1. The highest BCUT2D eigenvalue weighted by atomic mass is 16.6. The van der Waals surface area contributed by atoms with Crippen molar-refractivity contribution in [1.82, 2.24) is 24.3 Å². The third-order valence-corrected chi connectivity index (χ3v) is 8.80. The Morgan fingerprint density at radius 2 is 1.85 bits per heavy atom. The Hall–Kier alpha value is -3.52. The molecule has 8 heteroatoms. The summed E-state index contributed by atoms with van der Waals surface area (Å²) in [5, 5.41) is 6.02. The van der Waals surface area contributed by atoms with Crippen molar-refractivity contribution >= 4 is 39.5 Å². The van der Waals surface area contributed by atoms with Gasteiger partial charge in [-0.05, 0) is 114 Å². The van der Waals surface area contributed by atoms with Crippen LogP contribution in [-0.2, 0) is 24.6 Å². The van der Waals surface area contributed by atoms with Gasteiger partial charge in [0.05, 0.1) is 0 Å². The van der Waals surface area contributed by atoms with Gasteiger partial charge in [-0.3, -0.25) is 0 Å². The van der Waals surface area contributed by atoms with E-state index < -0.39 is 5.60 Å². The lowest BCUT2D eigenvalue weighted by Crippen LogP contribution is -2.43. The van der Waals surface area contributed by atoms with Crippen molar-refractivity contribution in [2.24, 2.45) is 7.05 Å². The van der Waals surface area contributed by atoms with Crippen molar-refractivity contribution in [2.75, 3.05) is 32.5 Å². The first kappa shape index (κ1) is 26.7. The molecule has 1 fully saturated rings. The number of amides is 1. The minimum absolute atomic E-state index is 0.109. The van der Waals surface area contributed by atoms with E-state index in [0.29, 0.717) is 5.92 Å². The molecule has 1 atom stereocenters. The molecule has 0 bridgehead atoms. The molecule has 0 spiro atoms. The summed E-state index contributed by atoms with van der Waals surface area (Å²) in [7, 11) is 6.17. The number of fused-ring (bicyclic) bond motifs is 4.